The number of likely N-dealkylation sites (N-methyl/N-ethyl adjacent to an activating group) is 2. The van der Waals surface area contributed by atoms with Crippen molar-refractivity contribution in [2.24, 2.45) is 5.92 Å². The first kappa shape index (κ1) is 13.9. The molecule has 1 heterocycles. The molecule has 0 spiro atoms. The predicted molar refractivity (Wildman–Crippen MR) is 68.8 cm³/mol. The van der Waals surface area contributed by atoms with Gasteiger partial charge in [-0.05, 0) is 33.4 Å². The Hall–Kier alpha value is -0.120. The van der Waals surface area contributed by atoms with Crippen LogP contribution in [0, 0.1) is 5.92 Å². The Labute approximate surface area is 101 Å². The Morgan fingerprint density at radius 2 is 2.19 bits per heavy atom. The van der Waals surface area contributed by atoms with Gasteiger partial charge in [0.05, 0.1) is 6.61 Å². The third-order valence-corrected chi connectivity index (χ3v) is 3.83. The average Bonchev–Trinajstić information content (AvgIpc) is 2.80. The van der Waals surface area contributed by atoms with Crippen LogP contribution in [-0.4, -0.2) is 50.3 Å². The summed E-state index contributed by atoms with van der Waals surface area (Å²) in [5.74, 6) is 0.700. The summed E-state index contributed by atoms with van der Waals surface area (Å²) in [5.41, 5.74) is 0. The van der Waals surface area contributed by atoms with Crippen LogP contribution in [0.5, 0.6) is 0 Å². The smallest absolute Gasteiger partial charge is 0.0510 e. The van der Waals surface area contributed by atoms with Crippen molar-refractivity contribution in [1.29, 1.82) is 0 Å². The van der Waals surface area contributed by atoms with E-state index in [1.54, 1.807) is 0 Å². The molecule has 1 rings (SSSR count). The van der Waals surface area contributed by atoms with Gasteiger partial charge in [-0.15, -0.1) is 0 Å². The standard InChI is InChI=1S/C13H28N2O/c1-5-11(3)15(4)9-13(14-6-2)12-7-8-16-10-12/h11-14H,5-10H2,1-4H3. The molecular formula is C13H28N2O. The average molecular weight is 228 g/mol. The summed E-state index contributed by atoms with van der Waals surface area (Å²) in [6, 6.07) is 1.26. The summed E-state index contributed by atoms with van der Waals surface area (Å²) in [6.07, 6.45) is 2.43. The molecule has 0 amide bonds. The number of rotatable bonds is 7. The first-order valence-electron chi connectivity index (χ1n) is 6.70. The van der Waals surface area contributed by atoms with E-state index in [9.17, 15) is 0 Å². The lowest BCUT2D eigenvalue weighted by atomic mass is 9.98. The van der Waals surface area contributed by atoms with Crippen LogP contribution >= 0.6 is 0 Å². The third kappa shape index (κ3) is 4.04. The molecule has 0 aromatic carbocycles. The maximum absolute atomic E-state index is 5.49. The van der Waals surface area contributed by atoms with Crippen molar-refractivity contribution in [3.63, 3.8) is 0 Å². The Balaban J connectivity index is 2.43. The molecular weight excluding hydrogens is 200 g/mol. The first-order valence-corrected chi connectivity index (χ1v) is 6.70. The molecule has 96 valence electrons. The maximum atomic E-state index is 5.49. The van der Waals surface area contributed by atoms with E-state index in [1.807, 2.05) is 0 Å². The van der Waals surface area contributed by atoms with E-state index in [1.165, 1.54) is 12.8 Å². The minimum absolute atomic E-state index is 0.589. The molecule has 0 bridgehead atoms. The van der Waals surface area contributed by atoms with Crippen LogP contribution < -0.4 is 5.32 Å². The summed E-state index contributed by atoms with van der Waals surface area (Å²) in [5, 5.41) is 3.61. The van der Waals surface area contributed by atoms with E-state index in [2.05, 4.69) is 38.0 Å². The van der Waals surface area contributed by atoms with Crippen molar-refractivity contribution >= 4 is 0 Å². The minimum Gasteiger partial charge on any atom is -0.381 e. The second-order valence-corrected chi connectivity index (χ2v) is 4.98. The van der Waals surface area contributed by atoms with Gasteiger partial charge in [0.15, 0.2) is 0 Å². The Kier molecular flexibility index (Phi) is 6.32. The van der Waals surface area contributed by atoms with Gasteiger partial charge >= 0.3 is 0 Å². The molecule has 1 saturated heterocycles. The van der Waals surface area contributed by atoms with Crippen LogP contribution in [0.15, 0.2) is 0 Å². The third-order valence-electron chi connectivity index (χ3n) is 3.83. The lowest BCUT2D eigenvalue weighted by Crippen LogP contribution is -2.47. The van der Waals surface area contributed by atoms with Gasteiger partial charge in [0, 0.05) is 31.2 Å². The van der Waals surface area contributed by atoms with E-state index in [-0.39, 0.29) is 0 Å². The van der Waals surface area contributed by atoms with Crippen molar-refractivity contribution in [2.75, 3.05) is 33.4 Å². The van der Waals surface area contributed by atoms with Gasteiger partial charge < -0.3 is 15.0 Å². The van der Waals surface area contributed by atoms with E-state index in [0.29, 0.717) is 18.0 Å². The highest BCUT2D eigenvalue weighted by atomic mass is 16.5. The highest BCUT2D eigenvalue weighted by molar-refractivity contribution is 4.82. The van der Waals surface area contributed by atoms with Gasteiger partial charge in [-0.2, -0.15) is 0 Å². The van der Waals surface area contributed by atoms with Gasteiger partial charge in [0.25, 0.3) is 0 Å². The Bertz CT molecular complexity index is 181. The van der Waals surface area contributed by atoms with Gasteiger partial charge in [0.1, 0.15) is 0 Å². The number of hydrogen-bond donors (Lipinski definition) is 1. The normalized spacial score (nSPS) is 24.9. The topological polar surface area (TPSA) is 24.5 Å². The summed E-state index contributed by atoms with van der Waals surface area (Å²) in [7, 11) is 2.23. The lowest BCUT2D eigenvalue weighted by molar-refractivity contribution is 0.157. The number of hydrogen-bond acceptors (Lipinski definition) is 3. The van der Waals surface area contributed by atoms with Crippen LogP contribution in [0.4, 0.5) is 0 Å². The van der Waals surface area contributed by atoms with E-state index < -0.39 is 0 Å². The van der Waals surface area contributed by atoms with E-state index in [4.69, 9.17) is 4.74 Å². The zero-order chi connectivity index (χ0) is 12.0. The second-order valence-electron chi connectivity index (χ2n) is 4.98. The minimum atomic E-state index is 0.589. The molecule has 3 heteroatoms. The van der Waals surface area contributed by atoms with Crippen molar-refractivity contribution in [1.82, 2.24) is 10.2 Å². The Morgan fingerprint density at radius 3 is 2.69 bits per heavy atom. The van der Waals surface area contributed by atoms with Crippen LogP contribution in [0.3, 0.4) is 0 Å². The van der Waals surface area contributed by atoms with Crippen molar-refractivity contribution in [2.45, 2.75) is 45.7 Å². The molecule has 0 radical (unpaired) electrons. The number of ether oxygens (including phenoxy) is 1. The Morgan fingerprint density at radius 1 is 1.44 bits per heavy atom. The van der Waals surface area contributed by atoms with Gasteiger partial charge in [-0.3, -0.25) is 0 Å². The molecule has 3 unspecified atom stereocenters. The molecule has 0 aliphatic carbocycles. The monoisotopic (exact) mass is 228 g/mol. The first-order chi connectivity index (χ1) is 7.69. The molecule has 3 nitrogen and oxygen atoms in total. The lowest BCUT2D eigenvalue weighted by Gasteiger charge is -2.31. The fourth-order valence-corrected chi connectivity index (χ4v) is 2.31. The molecule has 1 aliphatic rings. The van der Waals surface area contributed by atoms with Gasteiger partial charge in [-0.25, -0.2) is 0 Å². The van der Waals surface area contributed by atoms with Gasteiger partial charge in [-0.1, -0.05) is 13.8 Å². The van der Waals surface area contributed by atoms with Crippen molar-refractivity contribution in [3.05, 3.63) is 0 Å². The number of nitrogens with zero attached hydrogens (tertiary/aromatic N) is 1. The fourth-order valence-electron chi connectivity index (χ4n) is 2.31. The van der Waals surface area contributed by atoms with Crippen LogP contribution in [0.25, 0.3) is 0 Å². The maximum Gasteiger partial charge on any atom is 0.0510 e. The molecule has 1 N–H and O–H groups in total. The summed E-state index contributed by atoms with van der Waals surface area (Å²) >= 11 is 0. The molecule has 1 fully saturated rings. The largest absolute Gasteiger partial charge is 0.381 e. The molecule has 16 heavy (non-hydrogen) atoms. The zero-order valence-corrected chi connectivity index (χ0v) is 11.3. The second kappa shape index (κ2) is 7.25. The fraction of sp³-hybridized carbons (Fsp3) is 1.00. The molecule has 0 saturated carbocycles. The molecule has 1 aliphatic heterocycles. The highest BCUT2D eigenvalue weighted by Crippen LogP contribution is 2.18. The van der Waals surface area contributed by atoms with E-state index in [0.717, 1.165) is 26.3 Å². The molecule has 0 aromatic heterocycles. The SMILES string of the molecule is CCNC(CN(C)C(C)CC)C1CCOC1. The molecule has 0 aromatic rings. The highest BCUT2D eigenvalue weighted by Gasteiger charge is 2.26. The van der Waals surface area contributed by atoms with Gasteiger partial charge in [0.2, 0.25) is 0 Å². The predicted octanol–water partition coefficient (Wildman–Crippen LogP) is 1.73. The van der Waals surface area contributed by atoms with Crippen LogP contribution in [-0.2, 0) is 4.74 Å². The zero-order valence-electron chi connectivity index (χ0n) is 11.3. The van der Waals surface area contributed by atoms with Crippen molar-refractivity contribution < 1.29 is 4.74 Å². The number of nitrogens with one attached hydrogen (secondary N) is 1. The quantitative estimate of drug-likeness (QED) is 0.718. The summed E-state index contributed by atoms with van der Waals surface area (Å²) < 4.78 is 5.49. The molecule has 3 atom stereocenters. The van der Waals surface area contributed by atoms with Crippen molar-refractivity contribution in [3.8, 4) is 0 Å². The van der Waals surface area contributed by atoms with Crippen LogP contribution in [0.2, 0.25) is 0 Å². The summed E-state index contributed by atoms with van der Waals surface area (Å²) in [6.45, 7) is 10.8. The summed E-state index contributed by atoms with van der Waals surface area (Å²) in [4.78, 5) is 2.46. The van der Waals surface area contributed by atoms with Crippen LogP contribution in [0.1, 0.15) is 33.6 Å². The van der Waals surface area contributed by atoms with E-state index >= 15 is 0 Å².